The molecule has 1 aliphatic heterocycles. The highest BCUT2D eigenvalue weighted by Crippen LogP contribution is 2.21. The summed E-state index contributed by atoms with van der Waals surface area (Å²) in [6, 6.07) is 8.14. The van der Waals surface area contributed by atoms with Crippen LogP contribution in [0.3, 0.4) is 0 Å². The Kier molecular flexibility index (Phi) is 4.36. The Morgan fingerprint density at radius 1 is 1.46 bits per heavy atom. The molecule has 3 heterocycles. The molecule has 1 N–H and O–H groups in total. The molecule has 4 rings (SSSR count). The molecular formula is C17H20N4O2S. The monoisotopic (exact) mass is 344 g/mol. The quantitative estimate of drug-likeness (QED) is 0.744. The second-order valence-corrected chi connectivity index (χ2v) is 6.92. The van der Waals surface area contributed by atoms with Gasteiger partial charge in [-0.3, -0.25) is 0 Å². The number of fused-ring (bicyclic) bond motifs is 1. The van der Waals surface area contributed by atoms with Gasteiger partial charge in [0.25, 0.3) is 0 Å². The molecule has 0 aliphatic carbocycles. The number of nitrogens with one attached hydrogen (secondary N) is 1. The summed E-state index contributed by atoms with van der Waals surface area (Å²) in [6.07, 6.45) is 4.39. The summed E-state index contributed by atoms with van der Waals surface area (Å²) in [4.78, 5) is 5.32. The lowest BCUT2D eigenvalue weighted by Crippen LogP contribution is -2.16. The van der Waals surface area contributed by atoms with Crippen LogP contribution in [-0.4, -0.2) is 33.9 Å². The van der Waals surface area contributed by atoms with E-state index in [-0.39, 0.29) is 6.10 Å². The summed E-state index contributed by atoms with van der Waals surface area (Å²) < 4.78 is 13.2. The molecule has 0 spiro atoms. The maximum atomic E-state index is 5.85. The van der Waals surface area contributed by atoms with E-state index in [0.717, 1.165) is 46.5 Å². The van der Waals surface area contributed by atoms with Crippen LogP contribution in [0.4, 0.5) is 5.13 Å². The van der Waals surface area contributed by atoms with E-state index in [4.69, 9.17) is 9.47 Å². The van der Waals surface area contributed by atoms with Crippen molar-refractivity contribution in [3.8, 4) is 5.75 Å². The predicted octanol–water partition coefficient (Wildman–Crippen LogP) is 3.27. The van der Waals surface area contributed by atoms with E-state index in [9.17, 15) is 0 Å². The van der Waals surface area contributed by atoms with E-state index in [0.29, 0.717) is 13.2 Å². The van der Waals surface area contributed by atoms with Crippen molar-refractivity contribution in [1.29, 1.82) is 0 Å². The van der Waals surface area contributed by atoms with Crippen LogP contribution in [0.1, 0.15) is 24.1 Å². The second kappa shape index (κ2) is 6.78. The van der Waals surface area contributed by atoms with Crippen LogP contribution in [0.15, 0.2) is 30.5 Å². The highest BCUT2D eigenvalue weighted by Gasteiger charge is 2.16. The zero-order valence-electron chi connectivity index (χ0n) is 13.6. The van der Waals surface area contributed by atoms with Gasteiger partial charge in [-0.2, -0.15) is 0 Å². The SMILES string of the molecule is Cc1cn2nc(NCc3cccc(OC[C@@H]4CCCO4)c3)sc2n1. The van der Waals surface area contributed by atoms with Crippen LogP contribution in [-0.2, 0) is 11.3 Å². The normalized spacial score (nSPS) is 17.5. The van der Waals surface area contributed by atoms with Gasteiger partial charge in [0.05, 0.1) is 18.0 Å². The number of hydrogen-bond acceptors (Lipinski definition) is 6. The van der Waals surface area contributed by atoms with Gasteiger partial charge < -0.3 is 14.8 Å². The van der Waals surface area contributed by atoms with E-state index < -0.39 is 0 Å². The molecule has 0 amide bonds. The molecule has 24 heavy (non-hydrogen) atoms. The highest BCUT2D eigenvalue weighted by atomic mass is 32.1. The lowest BCUT2D eigenvalue weighted by Gasteiger charge is -2.12. The fraction of sp³-hybridized carbons (Fsp3) is 0.412. The Labute approximate surface area is 144 Å². The molecule has 0 unspecified atom stereocenters. The summed E-state index contributed by atoms with van der Waals surface area (Å²) in [5.74, 6) is 0.884. The van der Waals surface area contributed by atoms with Crippen molar-refractivity contribution in [3.05, 3.63) is 41.7 Å². The van der Waals surface area contributed by atoms with Crippen molar-refractivity contribution in [2.45, 2.75) is 32.4 Å². The highest BCUT2D eigenvalue weighted by molar-refractivity contribution is 7.20. The number of hydrogen-bond donors (Lipinski definition) is 1. The van der Waals surface area contributed by atoms with Gasteiger partial charge in [0, 0.05) is 13.2 Å². The third-order valence-corrected chi connectivity index (χ3v) is 4.85. The Bertz CT molecular complexity index is 791. The van der Waals surface area contributed by atoms with Crippen molar-refractivity contribution >= 4 is 21.4 Å². The average Bonchev–Trinajstić information content (AvgIpc) is 3.27. The summed E-state index contributed by atoms with van der Waals surface area (Å²) in [5.41, 5.74) is 2.14. The van der Waals surface area contributed by atoms with E-state index in [1.165, 1.54) is 0 Å². The van der Waals surface area contributed by atoms with Crippen molar-refractivity contribution in [3.63, 3.8) is 0 Å². The van der Waals surface area contributed by atoms with Crippen LogP contribution in [0.2, 0.25) is 0 Å². The summed E-state index contributed by atoms with van der Waals surface area (Å²) in [6.45, 7) is 4.15. The molecule has 126 valence electrons. The van der Waals surface area contributed by atoms with Gasteiger partial charge in [-0.15, -0.1) is 5.10 Å². The molecule has 0 saturated carbocycles. The van der Waals surface area contributed by atoms with Crippen LogP contribution in [0.5, 0.6) is 5.75 Å². The molecule has 1 aromatic carbocycles. The topological polar surface area (TPSA) is 60.7 Å². The standard InChI is InChI=1S/C17H20N4O2S/c1-12-10-21-17(19-12)24-16(20-21)18-9-13-4-2-5-14(8-13)23-11-15-6-3-7-22-15/h2,4-5,8,10,15H,3,6-7,9,11H2,1H3,(H,18,20)/t15-/m0/s1. The zero-order valence-corrected chi connectivity index (χ0v) is 14.4. The van der Waals surface area contributed by atoms with Gasteiger partial charge in [-0.05, 0) is 37.5 Å². The van der Waals surface area contributed by atoms with Crippen LogP contribution in [0.25, 0.3) is 4.96 Å². The van der Waals surface area contributed by atoms with Gasteiger partial charge in [0.2, 0.25) is 10.1 Å². The third kappa shape index (κ3) is 3.52. The minimum Gasteiger partial charge on any atom is -0.491 e. The molecule has 7 heteroatoms. The number of rotatable bonds is 6. The zero-order chi connectivity index (χ0) is 16.4. The number of imidazole rings is 1. The fourth-order valence-corrected chi connectivity index (χ4v) is 3.59. The first kappa shape index (κ1) is 15.4. The van der Waals surface area contributed by atoms with Gasteiger partial charge in [0.1, 0.15) is 12.4 Å². The second-order valence-electron chi connectivity index (χ2n) is 5.96. The van der Waals surface area contributed by atoms with Gasteiger partial charge in [-0.1, -0.05) is 23.5 Å². The number of ether oxygens (including phenoxy) is 2. The molecule has 1 atom stereocenters. The van der Waals surface area contributed by atoms with Gasteiger partial charge >= 0.3 is 0 Å². The first-order chi connectivity index (χ1) is 11.8. The minimum absolute atomic E-state index is 0.238. The van der Waals surface area contributed by atoms with E-state index in [1.807, 2.05) is 29.8 Å². The van der Waals surface area contributed by atoms with Crippen LogP contribution < -0.4 is 10.1 Å². The Morgan fingerprint density at radius 2 is 2.42 bits per heavy atom. The predicted molar refractivity (Wildman–Crippen MR) is 93.8 cm³/mol. The summed E-state index contributed by atoms with van der Waals surface area (Å²) >= 11 is 1.55. The first-order valence-corrected chi connectivity index (χ1v) is 8.98. The molecule has 6 nitrogen and oxygen atoms in total. The van der Waals surface area contributed by atoms with Crippen LogP contribution >= 0.6 is 11.3 Å². The molecule has 0 bridgehead atoms. The lowest BCUT2D eigenvalue weighted by atomic mass is 10.2. The Hall–Kier alpha value is -2.12. The number of nitrogens with zero attached hydrogens (tertiary/aromatic N) is 3. The maximum absolute atomic E-state index is 5.85. The lowest BCUT2D eigenvalue weighted by molar-refractivity contribution is 0.0679. The number of aromatic nitrogens is 3. The summed E-state index contributed by atoms with van der Waals surface area (Å²) in [7, 11) is 0. The molecule has 1 aliphatic rings. The minimum atomic E-state index is 0.238. The molecule has 1 saturated heterocycles. The molecule has 0 radical (unpaired) electrons. The van der Waals surface area contributed by atoms with Crippen molar-refractivity contribution < 1.29 is 9.47 Å². The molecule has 3 aromatic rings. The largest absolute Gasteiger partial charge is 0.491 e. The van der Waals surface area contributed by atoms with E-state index in [2.05, 4.69) is 27.5 Å². The van der Waals surface area contributed by atoms with Crippen molar-refractivity contribution in [2.75, 3.05) is 18.5 Å². The number of benzene rings is 1. The first-order valence-electron chi connectivity index (χ1n) is 8.16. The number of aryl methyl sites for hydroxylation is 1. The Balaban J connectivity index is 1.35. The number of anilines is 1. The molecule has 1 fully saturated rings. The smallest absolute Gasteiger partial charge is 0.214 e. The summed E-state index contributed by atoms with van der Waals surface area (Å²) in [5, 5.41) is 8.68. The fourth-order valence-electron chi connectivity index (χ4n) is 2.77. The third-order valence-electron chi connectivity index (χ3n) is 3.97. The average molecular weight is 344 g/mol. The van der Waals surface area contributed by atoms with E-state index >= 15 is 0 Å². The van der Waals surface area contributed by atoms with E-state index in [1.54, 1.807) is 11.3 Å². The van der Waals surface area contributed by atoms with Gasteiger partial charge in [-0.25, -0.2) is 9.50 Å². The molecular weight excluding hydrogens is 324 g/mol. The van der Waals surface area contributed by atoms with Crippen LogP contribution in [0, 0.1) is 6.92 Å². The maximum Gasteiger partial charge on any atom is 0.214 e. The van der Waals surface area contributed by atoms with Crippen molar-refractivity contribution in [1.82, 2.24) is 14.6 Å². The van der Waals surface area contributed by atoms with Crippen molar-refractivity contribution in [2.24, 2.45) is 0 Å². The molecule has 2 aromatic heterocycles. The van der Waals surface area contributed by atoms with Gasteiger partial charge in [0.15, 0.2) is 0 Å². The Morgan fingerprint density at radius 3 is 3.25 bits per heavy atom.